The van der Waals surface area contributed by atoms with Crippen LogP contribution in [0.2, 0.25) is 0 Å². The third kappa shape index (κ3) is 1.07. The lowest BCUT2D eigenvalue weighted by atomic mass is 10.7. The second-order valence-corrected chi connectivity index (χ2v) is 2.54. The minimum atomic E-state index is -0.0208. The lowest BCUT2D eigenvalue weighted by Gasteiger charge is -1.89. The molecule has 3 nitrogen and oxygen atoms in total. The van der Waals surface area contributed by atoms with Crippen molar-refractivity contribution in [2.75, 3.05) is 6.54 Å². The molecule has 0 saturated carbocycles. The maximum atomic E-state index is 10.2. The van der Waals surface area contributed by atoms with Crippen molar-refractivity contribution < 1.29 is 4.79 Å². The molecule has 1 unspecified atom stereocenters. The molecular formula is C3H6N2OS. The summed E-state index contributed by atoms with van der Waals surface area (Å²) in [6.45, 7) is 0.615. The summed E-state index contributed by atoms with van der Waals surface area (Å²) >= 11 is 1.15. The highest BCUT2D eigenvalue weighted by atomic mass is 32.2. The average Bonchev–Trinajstić information content (AvgIpc) is 1.87. The van der Waals surface area contributed by atoms with Crippen molar-refractivity contribution in [1.29, 1.82) is 0 Å². The minimum absolute atomic E-state index is 0.00694. The molecule has 1 rings (SSSR count). The Morgan fingerprint density at radius 2 is 2.71 bits per heavy atom. The van der Waals surface area contributed by atoms with Gasteiger partial charge < -0.3 is 11.1 Å². The fourth-order valence-electron chi connectivity index (χ4n) is 0.405. The van der Waals surface area contributed by atoms with Gasteiger partial charge in [0, 0.05) is 6.54 Å². The molecule has 1 aliphatic rings. The van der Waals surface area contributed by atoms with E-state index in [2.05, 4.69) is 5.32 Å². The SMILES string of the molecule is NC1CNC(=O)S1. The number of nitrogens with one attached hydrogen (secondary N) is 1. The molecule has 0 radical (unpaired) electrons. The number of carbonyl (C=O) groups excluding carboxylic acids is 1. The molecule has 1 heterocycles. The lowest BCUT2D eigenvalue weighted by Crippen LogP contribution is -2.21. The number of hydrogen-bond acceptors (Lipinski definition) is 3. The molecule has 0 aromatic carbocycles. The van der Waals surface area contributed by atoms with Gasteiger partial charge in [-0.1, -0.05) is 0 Å². The van der Waals surface area contributed by atoms with E-state index in [0.29, 0.717) is 6.54 Å². The van der Waals surface area contributed by atoms with Gasteiger partial charge in [-0.2, -0.15) is 0 Å². The predicted molar refractivity (Wildman–Crippen MR) is 29.0 cm³/mol. The van der Waals surface area contributed by atoms with Crippen molar-refractivity contribution in [1.82, 2.24) is 5.32 Å². The summed E-state index contributed by atoms with van der Waals surface area (Å²) < 4.78 is 0. The normalized spacial score (nSPS) is 30.4. The molecule has 0 aliphatic carbocycles. The van der Waals surface area contributed by atoms with Gasteiger partial charge in [0.05, 0.1) is 5.37 Å². The van der Waals surface area contributed by atoms with Crippen molar-refractivity contribution in [2.45, 2.75) is 5.37 Å². The van der Waals surface area contributed by atoms with Crippen molar-refractivity contribution in [2.24, 2.45) is 5.73 Å². The zero-order chi connectivity index (χ0) is 5.28. The van der Waals surface area contributed by atoms with E-state index in [0.717, 1.165) is 11.8 Å². The summed E-state index contributed by atoms with van der Waals surface area (Å²) in [5.41, 5.74) is 5.30. The largest absolute Gasteiger partial charge is 0.344 e. The molecule has 40 valence electrons. The second-order valence-electron chi connectivity index (χ2n) is 1.32. The number of amides is 1. The van der Waals surface area contributed by atoms with Gasteiger partial charge in [-0.15, -0.1) is 0 Å². The Morgan fingerprint density at radius 1 is 2.00 bits per heavy atom. The highest BCUT2D eigenvalue weighted by Gasteiger charge is 2.16. The van der Waals surface area contributed by atoms with Crippen LogP contribution in [-0.2, 0) is 0 Å². The molecule has 1 saturated heterocycles. The van der Waals surface area contributed by atoms with Crippen LogP contribution in [0.25, 0.3) is 0 Å². The fourth-order valence-corrected chi connectivity index (χ4v) is 1.01. The van der Waals surface area contributed by atoms with Crippen LogP contribution in [-0.4, -0.2) is 17.2 Å². The molecule has 3 N–H and O–H groups in total. The molecule has 1 atom stereocenters. The summed E-state index contributed by atoms with van der Waals surface area (Å²) in [5.74, 6) is 0. The zero-order valence-electron chi connectivity index (χ0n) is 3.68. The van der Waals surface area contributed by atoms with Crippen LogP contribution < -0.4 is 11.1 Å². The van der Waals surface area contributed by atoms with Gasteiger partial charge in [0.2, 0.25) is 0 Å². The Balaban J connectivity index is 2.40. The van der Waals surface area contributed by atoms with E-state index in [4.69, 9.17) is 5.73 Å². The summed E-state index contributed by atoms with van der Waals surface area (Å²) in [7, 11) is 0. The standard InChI is InChI=1S/C3H6N2OS/c4-2-1-5-3(6)7-2/h2H,1,4H2,(H,5,6). The maximum absolute atomic E-state index is 10.2. The summed E-state index contributed by atoms with van der Waals surface area (Å²) in [5, 5.41) is 2.54. The Labute approximate surface area is 45.6 Å². The Bertz CT molecular complexity index is 94.9. The first-order valence-corrected chi connectivity index (χ1v) is 2.87. The third-order valence-corrected chi connectivity index (χ3v) is 1.53. The monoisotopic (exact) mass is 118 g/mol. The number of carbonyl (C=O) groups is 1. The Hall–Kier alpha value is -0.220. The van der Waals surface area contributed by atoms with Crippen LogP contribution >= 0.6 is 11.8 Å². The van der Waals surface area contributed by atoms with E-state index in [9.17, 15) is 4.79 Å². The first-order chi connectivity index (χ1) is 3.29. The lowest BCUT2D eigenvalue weighted by molar-refractivity contribution is 0.262. The minimum Gasteiger partial charge on any atom is -0.344 e. The smallest absolute Gasteiger partial charge is 0.280 e. The molecule has 1 aliphatic heterocycles. The van der Waals surface area contributed by atoms with Crippen LogP contribution in [0.1, 0.15) is 0 Å². The van der Waals surface area contributed by atoms with Gasteiger partial charge in [0.15, 0.2) is 0 Å². The Kier molecular flexibility index (Phi) is 1.21. The average molecular weight is 118 g/mol. The van der Waals surface area contributed by atoms with Crippen LogP contribution in [0.4, 0.5) is 4.79 Å². The van der Waals surface area contributed by atoms with Crippen molar-refractivity contribution in [3.63, 3.8) is 0 Å². The zero-order valence-corrected chi connectivity index (χ0v) is 4.49. The molecule has 0 aromatic heterocycles. The molecule has 7 heavy (non-hydrogen) atoms. The van der Waals surface area contributed by atoms with Gasteiger partial charge in [-0.3, -0.25) is 4.79 Å². The molecule has 4 heteroatoms. The van der Waals surface area contributed by atoms with Gasteiger partial charge in [-0.05, 0) is 11.8 Å². The number of nitrogens with two attached hydrogens (primary N) is 1. The first kappa shape index (κ1) is 4.93. The van der Waals surface area contributed by atoms with E-state index in [1.165, 1.54) is 0 Å². The van der Waals surface area contributed by atoms with Gasteiger partial charge in [-0.25, -0.2) is 0 Å². The van der Waals surface area contributed by atoms with Crippen molar-refractivity contribution in [3.05, 3.63) is 0 Å². The van der Waals surface area contributed by atoms with Crippen LogP contribution in [0.15, 0.2) is 0 Å². The maximum Gasteiger partial charge on any atom is 0.280 e. The topological polar surface area (TPSA) is 55.1 Å². The molecule has 0 spiro atoms. The van der Waals surface area contributed by atoms with E-state index in [1.807, 2.05) is 0 Å². The summed E-state index contributed by atoms with van der Waals surface area (Å²) in [4.78, 5) is 10.2. The quantitative estimate of drug-likeness (QED) is 0.460. The van der Waals surface area contributed by atoms with Crippen molar-refractivity contribution >= 4 is 17.0 Å². The third-order valence-electron chi connectivity index (χ3n) is 0.706. The fraction of sp³-hybridized carbons (Fsp3) is 0.667. The first-order valence-electron chi connectivity index (χ1n) is 1.99. The molecule has 0 aromatic rings. The second kappa shape index (κ2) is 1.71. The molecule has 0 bridgehead atoms. The molecule has 1 fully saturated rings. The summed E-state index contributed by atoms with van der Waals surface area (Å²) in [6, 6.07) is 0. The number of thioether (sulfide) groups is 1. The van der Waals surface area contributed by atoms with Gasteiger partial charge in [0.25, 0.3) is 5.24 Å². The van der Waals surface area contributed by atoms with Crippen LogP contribution in [0.5, 0.6) is 0 Å². The highest BCUT2D eigenvalue weighted by molar-refractivity contribution is 8.14. The highest BCUT2D eigenvalue weighted by Crippen LogP contribution is 2.10. The van der Waals surface area contributed by atoms with E-state index in [1.54, 1.807) is 0 Å². The van der Waals surface area contributed by atoms with Crippen molar-refractivity contribution in [3.8, 4) is 0 Å². The van der Waals surface area contributed by atoms with Crippen LogP contribution in [0, 0.1) is 0 Å². The van der Waals surface area contributed by atoms with E-state index < -0.39 is 0 Å². The van der Waals surface area contributed by atoms with E-state index >= 15 is 0 Å². The van der Waals surface area contributed by atoms with E-state index in [-0.39, 0.29) is 10.6 Å². The molecular weight excluding hydrogens is 112 g/mol. The summed E-state index contributed by atoms with van der Waals surface area (Å²) in [6.07, 6.45) is 0. The number of hydrogen-bond donors (Lipinski definition) is 2. The predicted octanol–water partition coefficient (Wildman–Crippen LogP) is -0.272. The Morgan fingerprint density at radius 3 is 2.86 bits per heavy atom. The van der Waals surface area contributed by atoms with Gasteiger partial charge in [0.1, 0.15) is 0 Å². The number of rotatable bonds is 0. The molecule has 1 amide bonds. The van der Waals surface area contributed by atoms with Gasteiger partial charge >= 0.3 is 0 Å². The van der Waals surface area contributed by atoms with Crippen LogP contribution in [0.3, 0.4) is 0 Å².